The number of primary amides is 1. The SMILES string of the molecule is CC(CN(CC(F)(F)F)C1CCNCC1)C(N)=O. The number of piperidine rings is 1. The number of nitrogens with zero attached hydrogens (tertiary/aromatic N) is 1. The zero-order chi connectivity index (χ0) is 13.8. The molecule has 7 heteroatoms. The minimum Gasteiger partial charge on any atom is -0.369 e. The van der Waals surface area contributed by atoms with Crippen LogP contribution in [0.4, 0.5) is 13.2 Å². The summed E-state index contributed by atoms with van der Waals surface area (Å²) in [5.74, 6) is -1.13. The van der Waals surface area contributed by atoms with E-state index in [-0.39, 0.29) is 12.6 Å². The van der Waals surface area contributed by atoms with Crippen LogP contribution in [-0.2, 0) is 4.79 Å². The Kier molecular flexibility index (Phi) is 5.40. The van der Waals surface area contributed by atoms with Crippen LogP contribution in [0.3, 0.4) is 0 Å². The number of nitrogens with two attached hydrogens (primary N) is 1. The maximum Gasteiger partial charge on any atom is 0.401 e. The predicted octanol–water partition coefficient (Wildman–Crippen LogP) is 0.724. The Morgan fingerprint density at radius 3 is 2.44 bits per heavy atom. The summed E-state index contributed by atoms with van der Waals surface area (Å²) in [6.07, 6.45) is -2.91. The summed E-state index contributed by atoms with van der Waals surface area (Å²) in [5.41, 5.74) is 5.12. The minimum atomic E-state index is -4.25. The van der Waals surface area contributed by atoms with Crippen molar-refractivity contribution in [1.29, 1.82) is 0 Å². The van der Waals surface area contributed by atoms with Crippen molar-refractivity contribution >= 4 is 5.91 Å². The normalized spacial score (nSPS) is 20.1. The summed E-state index contributed by atoms with van der Waals surface area (Å²) in [7, 11) is 0. The Balaban J connectivity index is 2.64. The van der Waals surface area contributed by atoms with Gasteiger partial charge in [0, 0.05) is 18.5 Å². The highest BCUT2D eigenvalue weighted by Gasteiger charge is 2.35. The number of halogens is 3. The van der Waals surface area contributed by atoms with Gasteiger partial charge in [-0.1, -0.05) is 6.92 Å². The molecule has 1 heterocycles. The monoisotopic (exact) mass is 267 g/mol. The molecular formula is C11H20F3N3O. The van der Waals surface area contributed by atoms with Gasteiger partial charge >= 0.3 is 6.18 Å². The van der Waals surface area contributed by atoms with E-state index in [4.69, 9.17) is 5.73 Å². The minimum absolute atomic E-state index is 0.0690. The number of carbonyl (C=O) groups excluding carboxylic acids is 1. The van der Waals surface area contributed by atoms with Gasteiger partial charge in [0.05, 0.1) is 6.54 Å². The molecule has 0 saturated carbocycles. The van der Waals surface area contributed by atoms with Gasteiger partial charge in [-0.2, -0.15) is 13.2 Å². The first kappa shape index (κ1) is 15.2. The number of hydrogen-bond donors (Lipinski definition) is 2. The van der Waals surface area contributed by atoms with Crippen LogP contribution in [0.2, 0.25) is 0 Å². The second-order valence-electron chi connectivity index (χ2n) is 4.83. The van der Waals surface area contributed by atoms with Crippen molar-refractivity contribution in [3.05, 3.63) is 0 Å². The second-order valence-corrected chi connectivity index (χ2v) is 4.83. The zero-order valence-electron chi connectivity index (χ0n) is 10.5. The summed E-state index contributed by atoms with van der Waals surface area (Å²) >= 11 is 0. The van der Waals surface area contributed by atoms with Gasteiger partial charge in [-0.3, -0.25) is 9.69 Å². The van der Waals surface area contributed by atoms with E-state index in [0.717, 1.165) is 0 Å². The van der Waals surface area contributed by atoms with Gasteiger partial charge in [0.25, 0.3) is 0 Å². The van der Waals surface area contributed by atoms with Crippen LogP contribution in [0.1, 0.15) is 19.8 Å². The lowest BCUT2D eigenvalue weighted by atomic mass is 10.0. The average Bonchev–Trinajstić information content (AvgIpc) is 2.27. The second kappa shape index (κ2) is 6.38. The zero-order valence-corrected chi connectivity index (χ0v) is 10.5. The molecule has 0 bridgehead atoms. The summed E-state index contributed by atoms with van der Waals surface area (Å²) in [5, 5.41) is 3.11. The maximum atomic E-state index is 12.5. The average molecular weight is 267 g/mol. The fourth-order valence-electron chi connectivity index (χ4n) is 2.19. The third kappa shape index (κ3) is 5.22. The Bertz CT molecular complexity index is 277. The first-order valence-electron chi connectivity index (χ1n) is 6.10. The van der Waals surface area contributed by atoms with Gasteiger partial charge in [0.15, 0.2) is 0 Å². The standard InChI is InChI=1S/C11H20F3N3O/c1-8(10(15)18)6-17(7-11(12,13)14)9-2-4-16-5-3-9/h8-9,16H,2-7H2,1H3,(H2,15,18). The first-order chi connectivity index (χ1) is 8.29. The summed E-state index contributed by atoms with van der Waals surface area (Å²) in [6, 6.07) is -0.130. The van der Waals surface area contributed by atoms with Crippen LogP contribution < -0.4 is 11.1 Å². The summed E-state index contributed by atoms with van der Waals surface area (Å²) < 4.78 is 37.6. The van der Waals surface area contributed by atoms with E-state index in [9.17, 15) is 18.0 Å². The van der Waals surface area contributed by atoms with Crippen molar-refractivity contribution in [3.8, 4) is 0 Å². The van der Waals surface area contributed by atoms with Crippen molar-refractivity contribution in [2.45, 2.75) is 32.0 Å². The van der Waals surface area contributed by atoms with E-state index in [1.807, 2.05) is 0 Å². The number of amides is 1. The lowest BCUT2D eigenvalue weighted by Gasteiger charge is -2.36. The largest absolute Gasteiger partial charge is 0.401 e. The van der Waals surface area contributed by atoms with Crippen LogP contribution in [0.15, 0.2) is 0 Å². The molecule has 3 N–H and O–H groups in total. The Labute approximate surface area is 105 Å². The molecule has 1 amide bonds. The first-order valence-corrected chi connectivity index (χ1v) is 6.10. The molecule has 4 nitrogen and oxygen atoms in total. The quantitative estimate of drug-likeness (QED) is 0.772. The molecule has 1 saturated heterocycles. The van der Waals surface area contributed by atoms with Gasteiger partial charge in [-0.25, -0.2) is 0 Å². The van der Waals surface area contributed by atoms with Crippen LogP contribution in [0.5, 0.6) is 0 Å². The van der Waals surface area contributed by atoms with Crippen molar-refractivity contribution in [2.75, 3.05) is 26.2 Å². The highest BCUT2D eigenvalue weighted by Crippen LogP contribution is 2.22. The van der Waals surface area contributed by atoms with Crippen LogP contribution in [0.25, 0.3) is 0 Å². The highest BCUT2D eigenvalue weighted by atomic mass is 19.4. The van der Waals surface area contributed by atoms with Gasteiger partial charge < -0.3 is 11.1 Å². The number of rotatable bonds is 5. The van der Waals surface area contributed by atoms with E-state index in [1.165, 1.54) is 4.90 Å². The topological polar surface area (TPSA) is 58.4 Å². The van der Waals surface area contributed by atoms with Crippen molar-refractivity contribution in [2.24, 2.45) is 11.7 Å². The molecule has 0 aromatic heterocycles. The molecule has 0 aromatic carbocycles. The molecule has 0 spiro atoms. The molecule has 1 atom stereocenters. The smallest absolute Gasteiger partial charge is 0.369 e. The van der Waals surface area contributed by atoms with Gasteiger partial charge in [0.2, 0.25) is 5.91 Å². The van der Waals surface area contributed by atoms with Crippen LogP contribution >= 0.6 is 0 Å². The van der Waals surface area contributed by atoms with E-state index in [2.05, 4.69) is 5.32 Å². The van der Waals surface area contributed by atoms with E-state index >= 15 is 0 Å². The van der Waals surface area contributed by atoms with Gasteiger partial charge in [-0.05, 0) is 25.9 Å². The molecule has 106 valence electrons. The molecule has 1 rings (SSSR count). The summed E-state index contributed by atoms with van der Waals surface area (Å²) in [6.45, 7) is 2.08. The van der Waals surface area contributed by atoms with Crippen molar-refractivity contribution in [1.82, 2.24) is 10.2 Å². The molecular weight excluding hydrogens is 247 g/mol. The molecule has 1 aliphatic rings. The van der Waals surface area contributed by atoms with Gasteiger partial charge in [0.1, 0.15) is 0 Å². The fourth-order valence-corrected chi connectivity index (χ4v) is 2.19. The van der Waals surface area contributed by atoms with E-state index < -0.39 is 24.5 Å². The third-order valence-electron chi connectivity index (χ3n) is 3.20. The molecule has 0 aromatic rings. The molecule has 0 aliphatic carbocycles. The molecule has 0 radical (unpaired) electrons. The van der Waals surface area contributed by atoms with Crippen LogP contribution in [0, 0.1) is 5.92 Å². The summed E-state index contributed by atoms with van der Waals surface area (Å²) in [4.78, 5) is 12.3. The van der Waals surface area contributed by atoms with E-state index in [1.54, 1.807) is 6.92 Å². The lowest BCUT2D eigenvalue weighted by molar-refractivity contribution is -0.154. The molecule has 1 fully saturated rings. The lowest BCUT2D eigenvalue weighted by Crippen LogP contribution is -2.49. The molecule has 18 heavy (non-hydrogen) atoms. The Hall–Kier alpha value is -0.820. The van der Waals surface area contributed by atoms with E-state index in [0.29, 0.717) is 25.9 Å². The van der Waals surface area contributed by atoms with Crippen molar-refractivity contribution in [3.63, 3.8) is 0 Å². The number of nitrogens with one attached hydrogen (secondary N) is 1. The van der Waals surface area contributed by atoms with Gasteiger partial charge in [-0.15, -0.1) is 0 Å². The molecule has 1 aliphatic heterocycles. The Morgan fingerprint density at radius 1 is 1.44 bits per heavy atom. The fraction of sp³-hybridized carbons (Fsp3) is 0.909. The number of hydrogen-bond acceptors (Lipinski definition) is 3. The predicted molar refractivity (Wildman–Crippen MR) is 61.9 cm³/mol. The maximum absolute atomic E-state index is 12.5. The van der Waals surface area contributed by atoms with Crippen molar-refractivity contribution < 1.29 is 18.0 Å². The Morgan fingerprint density at radius 2 is 2.00 bits per heavy atom. The third-order valence-corrected chi connectivity index (χ3v) is 3.20. The number of alkyl halides is 3. The van der Waals surface area contributed by atoms with Crippen LogP contribution in [-0.4, -0.2) is 49.2 Å². The highest BCUT2D eigenvalue weighted by molar-refractivity contribution is 5.76. The molecule has 1 unspecified atom stereocenters. The number of carbonyl (C=O) groups is 1.